The van der Waals surface area contributed by atoms with Crippen molar-refractivity contribution in [3.05, 3.63) is 71.5 Å². The van der Waals surface area contributed by atoms with Crippen LogP contribution in [0.3, 0.4) is 0 Å². The standard InChI is InChI=1S/C25H27FN2O6/c1-33-25(32)21(15-17-5-3-2-4-6-17)27-22(29)16-34-24(31)19-11-13-28(14-12-19)23(30)18-7-9-20(26)10-8-18/h2-10,19,21H,11-16H2,1H3,(H,27,29). The first-order valence-corrected chi connectivity index (χ1v) is 11.0. The molecule has 180 valence electrons. The lowest BCUT2D eigenvalue weighted by Gasteiger charge is -2.31. The molecule has 0 radical (unpaired) electrons. The summed E-state index contributed by atoms with van der Waals surface area (Å²) in [6.45, 7) is 0.184. The lowest BCUT2D eigenvalue weighted by atomic mass is 9.96. The van der Waals surface area contributed by atoms with Crippen LogP contribution in [0.1, 0.15) is 28.8 Å². The summed E-state index contributed by atoms with van der Waals surface area (Å²) in [5.41, 5.74) is 1.23. The van der Waals surface area contributed by atoms with Crippen molar-refractivity contribution in [1.29, 1.82) is 0 Å². The highest BCUT2D eigenvalue weighted by atomic mass is 19.1. The molecule has 3 rings (SSSR count). The number of benzene rings is 2. The number of ether oxygens (including phenoxy) is 2. The second-order valence-corrected chi connectivity index (χ2v) is 8.01. The average Bonchev–Trinajstić information content (AvgIpc) is 2.87. The van der Waals surface area contributed by atoms with Crippen LogP contribution < -0.4 is 5.32 Å². The third-order valence-electron chi connectivity index (χ3n) is 5.66. The Kier molecular flexibility index (Phi) is 8.73. The Bertz CT molecular complexity index is 1000. The van der Waals surface area contributed by atoms with Gasteiger partial charge in [0.05, 0.1) is 13.0 Å². The van der Waals surface area contributed by atoms with Crippen LogP contribution in [0.2, 0.25) is 0 Å². The molecule has 1 fully saturated rings. The Morgan fingerprint density at radius 1 is 1.03 bits per heavy atom. The molecule has 1 aliphatic heterocycles. The molecule has 8 nitrogen and oxygen atoms in total. The van der Waals surface area contributed by atoms with Gasteiger partial charge in [0, 0.05) is 25.1 Å². The Morgan fingerprint density at radius 2 is 1.68 bits per heavy atom. The predicted molar refractivity (Wildman–Crippen MR) is 120 cm³/mol. The molecule has 0 aromatic heterocycles. The van der Waals surface area contributed by atoms with Gasteiger partial charge in [-0.3, -0.25) is 14.4 Å². The van der Waals surface area contributed by atoms with Gasteiger partial charge in [-0.15, -0.1) is 0 Å². The number of esters is 2. The zero-order chi connectivity index (χ0) is 24.5. The number of amides is 2. The molecule has 1 unspecified atom stereocenters. The Morgan fingerprint density at radius 3 is 2.29 bits per heavy atom. The van der Waals surface area contributed by atoms with E-state index in [4.69, 9.17) is 9.47 Å². The second-order valence-electron chi connectivity index (χ2n) is 8.01. The zero-order valence-electron chi connectivity index (χ0n) is 18.9. The highest BCUT2D eigenvalue weighted by molar-refractivity contribution is 5.94. The molecular formula is C25H27FN2O6. The van der Waals surface area contributed by atoms with Gasteiger partial charge in [-0.25, -0.2) is 9.18 Å². The van der Waals surface area contributed by atoms with Crippen LogP contribution in [0.15, 0.2) is 54.6 Å². The fraction of sp³-hybridized carbons (Fsp3) is 0.360. The maximum atomic E-state index is 13.1. The number of nitrogens with zero attached hydrogens (tertiary/aromatic N) is 1. The number of hydrogen-bond acceptors (Lipinski definition) is 6. The maximum absolute atomic E-state index is 13.1. The number of halogens is 1. The van der Waals surface area contributed by atoms with Gasteiger partial charge in [0.2, 0.25) is 0 Å². The van der Waals surface area contributed by atoms with E-state index in [2.05, 4.69) is 5.32 Å². The van der Waals surface area contributed by atoms with E-state index < -0.39 is 42.2 Å². The number of hydrogen-bond donors (Lipinski definition) is 1. The smallest absolute Gasteiger partial charge is 0.328 e. The lowest BCUT2D eigenvalue weighted by Crippen LogP contribution is -2.45. The molecule has 1 aliphatic rings. The third kappa shape index (κ3) is 6.87. The van der Waals surface area contributed by atoms with Crippen molar-refractivity contribution < 1.29 is 33.0 Å². The van der Waals surface area contributed by atoms with E-state index in [-0.39, 0.29) is 12.3 Å². The van der Waals surface area contributed by atoms with E-state index in [1.165, 1.54) is 31.4 Å². The Balaban J connectivity index is 1.44. The number of methoxy groups -OCH3 is 1. The monoisotopic (exact) mass is 470 g/mol. The minimum atomic E-state index is -0.903. The molecule has 34 heavy (non-hydrogen) atoms. The molecule has 0 spiro atoms. The van der Waals surface area contributed by atoms with Gasteiger partial charge in [0.25, 0.3) is 11.8 Å². The number of piperidine rings is 1. The first kappa shape index (κ1) is 24.9. The molecule has 1 heterocycles. The normalized spacial score (nSPS) is 14.7. The minimum Gasteiger partial charge on any atom is -0.467 e. The summed E-state index contributed by atoms with van der Waals surface area (Å²) in [6, 6.07) is 13.6. The van der Waals surface area contributed by atoms with E-state index in [1.54, 1.807) is 4.90 Å². The molecule has 0 saturated carbocycles. The van der Waals surface area contributed by atoms with Gasteiger partial charge >= 0.3 is 11.9 Å². The molecule has 1 N–H and O–H groups in total. The summed E-state index contributed by atoms with van der Waals surface area (Å²) in [5, 5.41) is 2.55. The van der Waals surface area contributed by atoms with Crippen molar-refractivity contribution in [3.63, 3.8) is 0 Å². The lowest BCUT2D eigenvalue weighted by molar-refractivity contribution is -0.154. The predicted octanol–water partition coefficient (Wildman–Crippen LogP) is 2.12. The molecule has 2 amide bonds. The summed E-state index contributed by atoms with van der Waals surface area (Å²) >= 11 is 0. The minimum absolute atomic E-state index is 0.224. The quantitative estimate of drug-likeness (QED) is 0.593. The molecule has 0 aliphatic carbocycles. The Hall–Kier alpha value is -3.75. The van der Waals surface area contributed by atoms with Gasteiger partial charge in [-0.2, -0.15) is 0 Å². The van der Waals surface area contributed by atoms with Crippen molar-refractivity contribution in [3.8, 4) is 0 Å². The molecule has 9 heteroatoms. The number of likely N-dealkylation sites (tertiary alicyclic amines) is 1. The van der Waals surface area contributed by atoms with Crippen LogP contribution in [0, 0.1) is 11.7 Å². The van der Waals surface area contributed by atoms with Crippen molar-refractivity contribution in [1.82, 2.24) is 10.2 Å². The summed E-state index contributed by atoms with van der Waals surface area (Å²) in [4.78, 5) is 50.9. The van der Waals surface area contributed by atoms with Gasteiger partial charge in [-0.05, 0) is 42.7 Å². The van der Waals surface area contributed by atoms with Gasteiger partial charge < -0.3 is 19.7 Å². The summed E-state index contributed by atoms with van der Waals surface area (Å²) in [6.07, 6.45) is 1.03. The van der Waals surface area contributed by atoms with E-state index in [1.807, 2.05) is 30.3 Å². The summed E-state index contributed by atoms with van der Waals surface area (Å²) in [7, 11) is 1.24. The molecular weight excluding hydrogens is 443 g/mol. The van der Waals surface area contributed by atoms with Crippen LogP contribution in [0.4, 0.5) is 4.39 Å². The van der Waals surface area contributed by atoms with Gasteiger partial charge in [-0.1, -0.05) is 30.3 Å². The summed E-state index contributed by atoms with van der Waals surface area (Å²) in [5.74, 6) is -2.81. The van der Waals surface area contributed by atoms with Crippen molar-refractivity contribution >= 4 is 23.8 Å². The molecule has 2 aromatic carbocycles. The number of carbonyl (C=O) groups is 4. The largest absolute Gasteiger partial charge is 0.467 e. The molecule has 1 atom stereocenters. The van der Waals surface area contributed by atoms with Crippen LogP contribution >= 0.6 is 0 Å². The Labute approximate surface area is 197 Å². The van der Waals surface area contributed by atoms with Crippen molar-refractivity contribution in [2.75, 3.05) is 26.8 Å². The maximum Gasteiger partial charge on any atom is 0.328 e. The van der Waals surface area contributed by atoms with E-state index in [0.717, 1.165) is 5.56 Å². The number of nitrogens with one attached hydrogen (secondary N) is 1. The first-order chi connectivity index (χ1) is 16.4. The van der Waals surface area contributed by atoms with E-state index in [9.17, 15) is 23.6 Å². The highest BCUT2D eigenvalue weighted by Crippen LogP contribution is 2.20. The third-order valence-corrected chi connectivity index (χ3v) is 5.66. The van der Waals surface area contributed by atoms with Crippen LogP contribution in [-0.2, 0) is 30.3 Å². The van der Waals surface area contributed by atoms with Crippen LogP contribution in [0.5, 0.6) is 0 Å². The first-order valence-electron chi connectivity index (χ1n) is 11.0. The molecule has 2 aromatic rings. The second kappa shape index (κ2) is 11.9. The molecule has 1 saturated heterocycles. The SMILES string of the molecule is COC(=O)C(Cc1ccccc1)NC(=O)COC(=O)C1CCN(C(=O)c2ccc(F)cc2)CC1. The molecule has 0 bridgehead atoms. The van der Waals surface area contributed by atoms with Crippen LogP contribution in [-0.4, -0.2) is 61.5 Å². The van der Waals surface area contributed by atoms with Gasteiger partial charge in [0.15, 0.2) is 6.61 Å². The zero-order valence-corrected chi connectivity index (χ0v) is 18.9. The van der Waals surface area contributed by atoms with Crippen molar-refractivity contribution in [2.45, 2.75) is 25.3 Å². The summed E-state index contributed by atoms with van der Waals surface area (Å²) < 4.78 is 23.0. The number of rotatable bonds is 8. The topological polar surface area (TPSA) is 102 Å². The fourth-order valence-electron chi connectivity index (χ4n) is 3.77. The van der Waals surface area contributed by atoms with E-state index >= 15 is 0 Å². The highest BCUT2D eigenvalue weighted by Gasteiger charge is 2.30. The van der Waals surface area contributed by atoms with E-state index in [0.29, 0.717) is 31.5 Å². The van der Waals surface area contributed by atoms with Gasteiger partial charge in [0.1, 0.15) is 11.9 Å². The number of carbonyl (C=O) groups excluding carboxylic acids is 4. The average molecular weight is 470 g/mol. The van der Waals surface area contributed by atoms with Crippen LogP contribution in [0.25, 0.3) is 0 Å². The van der Waals surface area contributed by atoms with Crippen molar-refractivity contribution in [2.24, 2.45) is 5.92 Å². The fourth-order valence-corrected chi connectivity index (χ4v) is 3.77.